The molecule has 4 nitrogen and oxygen atoms in total. The minimum absolute atomic E-state index is 0. The number of hydrogen-bond acceptors (Lipinski definition) is 4. The van der Waals surface area contributed by atoms with E-state index in [1.165, 1.54) is 12.8 Å². The van der Waals surface area contributed by atoms with Gasteiger partial charge in [-0.05, 0) is 73.4 Å². The zero-order chi connectivity index (χ0) is 12.6. The van der Waals surface area contributed by atoms with Gasteiger partial charge >= 0.3 is 0 Å². The Labute approximate surface area is 108 Å². The Bertz CT molecular complexity index is 155. The summed E-state index contributed by atoms with van der Waals surface area (Å²) in [5.74, 6) is 0. The van der Waals surface area contributed by atoms with Crippen molar-refractivity contribution in [2.45, 2.75) is 44.6 Å². The predicted octanol–water partition coefficient (Wildman–Crippen LogP) is 1.94. The van der Waals surface area contributed by atoms with Crippen molar-refractivity contribution < 1.29 is 0 Å². The molecule has 0 spiro atoms. The lowest BCUT2D eigenvalue weighted by Gasteiger charge is -2.29. The fourth-order valence-electron chi connectivity index (χ4n) is 1.97. The molecule has 0 radical (unpaired) electrons. The highest BCUT2D eigenvalue weighted by Gasteiger charge is 2.21. The SMILES string of the molecule is CCC(N)(CCCN(C)C)CCCN(C)C.N. The molecule has 0 fully saturated rings. The highest BCUT2D eigenvalue weighted by atomic mass is 15.1. The number of rotatable bonds is 9. The molecule has 0 aromatic rings. The van der Waals surface area contributed by atoms with Crippen molar-refractivity contribution >= 4 is 0 Å². The van der Waals surface area contributed by atoms with Gasteiger partial charge in [0.15, 0.2) is 0 Å². The monoisotopic (exact) mass is 246 g/mol. The average Bonchev–Trinajstić information content (AvgIpc) is 2.16. The summed E-state index contributed by atoms with van der Waals surface area (Å²) >= 11 is 0. The van der Waals surface area contributed by atoms with Gasteiger partial charge in [-0.15, -0.1) is 0 Å². The first-order valence-electron chi connectivity index (χ1n) is 6.48. The van der Waals surface area contributed by atoms with Crippen LogP contribution in [0.4, 0.5) is 0 Å². The summed E-state index contributed by atoms with van der Waals surface area (Å²) < 4.78 is 0. The lowest BCUT2D eigenvalue weighted by atomic mass is 9.86. The van der Waals surface area contributed by atoms with Crippen LogP contribution in [-0.2, 0) is 0 Å². The maximum Gasteiger partial charge on any atom is 0.0152 e. The van der Waals surface area contributed by atoms with E-state index in [1.54, 1.807) is 0 Å². The van der Waals surface area contributed by atoms with Crippen molar-refractivity contribution in [3.8, 4) is 0 Å². The lowest BCUT2D eigenvalue weighted by Crippen LogP contribution is -2.40. The Morgan fingerprint density at radius 1 is 0.882 bits per heavy atom. The third kappa shape index (κ3) is 10.7. The summed E-state index contributed by atoms with van der Waals surface area (Å²) in [4.78, 5) is 4.46. The standard InChI is InChI=1S/C13H31N3.H3N/c1-6-13(14,9-7-11-15(2)3)10-8-12-16(4)5;/h6-12,14H2,1-5H3;1H3. The Morgan fingerprint density at radius 2 is 1.24 bits per heavy atom. The first kappa shape index (κ1) is 19.2. The molecule has 0 aromatic heterocycles. The minimum Gasteiger partial charge on any atom is -0.344 e. The molecule has 0 aliphatic heterocycles. The Kier molecular flexibility index (Phi) is 11.1. The molecule has 17 heavy (non-hydrogen) atoms. The van der Waals surface area contributed by atoms with Crippen molar-refractivity contribution in [3.63, 3.8) is 0 Å². The zero-order valence-electron chi connectivity index (χ0n) is 12.6. The van der Waals surface area contributed by atoms with Gasteiger partial charge in [-0.25, -0.2) is 0 Å². The second-order valence-corrected chi connectivity index (χ2v) is 5.53. The van der Waals surface area contributed by atoms with E-state index in [2.05, 4.69) is 44.9 Å². The molecule has 0 bridgehead atoms. The van der Waals surface area contributed by atoms with Crippen molar-refractivity contribution in [1.82, 2.24) is 16.0 Å². The highest BCUT2D eigenvalue weighted by Crippen LogP contribution is 2.20. The second kappa shape index (κ2) is 9.83. The highest BCUT2D eigenvalue weighted by molar-refractivity contribution is 4.82. The van der Waals surface area contributed by atoms with Crippen LogP contribution in [0.25, 0.3) is 0 Å². The van der Waals surface area contributed by atoms with Gasteiger partial charge in [-0.2, -0.15) is 0 Å². The second-order valence-electron chi connectivity index (χ2n) is 5.53. The Balaban J connectivity index is 0. The third-order valence-corrected chi connectivity index (χ3v) is 3.26. The fraction of sp³-hybridized carbons (Fsp3) is 1.00. The van der Waals surface area contributed by atoms with Crippen LogP contribution in [0.1, 0.15) is 39.0 Å². The summed E-state index contributed by atoms with van der Waals surface area (Å²) in [6.45, 7) is 4.50. The van der Waals surface area contributed by atoms with Gasteiger partial charge in [-0.1, -0.05) is 6.92 Å². The number of nitrogens with zero attached hydrogens (tertiary/aromatic N) is 2. The Hall–Kier alpha value is -0.160. The van der Waals surface area contributed by atoms with Gasteiger partial charge in [0.2, 0.25) is 0 Å². The van der Waals surface area contributed by atoms with E-state index in [4.69, 9.17) is 5.73 Å². The van der Waals surface area contributed by atoms with Gasteiger partial charge in [-0.3, -0.25) is 0 Å². The van der Waals surface area contributed by atoms with Gasteiger partial charge < -0.3 is 21.7 Å². The average molecular weight is 246 g/mol. The van der Waals surface area contributed by atoms with Crippen LogP contribution in [0.5, 0.6) is 0 Å². The molecule has 0 unspecified atom stereocenters. The van der Waals surface area contributed by atoms with E-state index in [1.807, 2.05) is 0 Å². The molecule has 106 valence electrons. The molecule has 5 N–H and O–H groups in total. The van der Waals surface area contributed by atoms with Crippen molar-refractivity contribution in [2.24, 2.45) is 5.73 Å². The number of hydrogen-bond donors (Lipinski definition) is 2. The molecular formula is C13H34N4. The maximum absolute atomic E-state index is 6.43. The van der Waals surface area contributed by atoms with E-state index in [9.17, 15) is 0 Å². The quantitative estimate of drug-likeness (QED) is 0.652. The van der Waals surface area contributed by atoms with Crippen molar-refractivity contribution in [2.75, 3.05) is 41.3 Å². The Morgan fingerprint density at radius 3 is 1.47 bits per heavy atom. The first-order chi connectivity index (χ1) is 7.39. The molecule has 0 aliphatic carbocycles. The molecule has 0 aromatic carbocycles. The smallest absolute Gasteiger partial charge is 0.0152 e. The largest absolute Gasteiger partial charge is 0.344 e. The molecule has 0 heterocycles. The maximum atomic E-state index is 6.43. The van der Waals surface area contributed by atoms with Crippen LogP contribution < -0.4 is 11.9 Å². The summed E-state index contributed by atoms with van der Waals surface area (Å²) in [5, 5.41) is 0. The van der Waals surface area contributed by atoms with E-state index >= 15 is 0 Å². The predicted molar refractivity (Wildman–Crippen MR) is 77.8 cm³/mol. The summed E-state index contributed by atoms with van der Waals surface area (Å²) in [5.41, 5.74) is 6.49. The van der Waals surface area contributed by atoms with Crippen LogP contribution in [0.15, 0.2) is 0 Å². The van der Waals surface area contributed by atoms with E-state index in [0.717, 1.165) is 32.4 Å². The third-order valence-electron chi connectivity index (χ3n) is 3.26. The van der Waals surface area contributed by atoms with Crippen molar-refractivity contribution in [3.05, 3.63) is 0 Å². The molecular weight excluding hydrogens is 212 g/mol. The molecule has 0 atom stereocenters. The first-order valence-corrected chi connectivity index (χ1v) is 6.48. The van der Waals surface area contributed by atoms with Gasteiger partial charge in [0, 0.05) is 5.54 Å². The van der Waals surface area contributed by atoms with Gasteiger partial charge in [0.05, 0.1) is 0 Å². The molecule has 4 heteroatoms. The van der Waals surface area contributed by atoms with E-state index in [-0.39, 0.29) is 11.7 Å². The number of nitrogens with two attached hydrogens (primary N) is 1. The minimum atomic E-state index is 0. The van der Waals surface area contributed by atoms with Crippen LogP contribution in [0, 0.1) is 0 Å². The van der Waals surface area contributed by atoms with Gasteiger partial charge in [0.1, 0.15) is 0 Å². The van der Waals surface area contributed by atoms with Crippen molar-refractivity contribution in [1.29, 1.82) is 0 Å². The summed E-state index contributed by atoms with van der Waals surface area (Å²) in [6, 6.07) is 0. The zero-order valence-corrected chi connectivity index (χ0v) is 12.6. The van der Waals surface area contributed by atoms with E-state index in [0.29, 0.717) is 0 Å². The fourth-order valence-corrected chi connectivity index (χ4v) is 1.97. The lowest BCUT2D eigenvalue weighted by molar-refractivity contribution is 0.288. The van der Waals surface area contributed by atoms with E-state index < -0.39 is 0 Å². The van der Waals surface area contributed by atoms with Crippen LogP contribution >= 0.6 is 0 Å². The topological polar surface area (TPSA) is 67.5 Å². The summed E-state index contributed by atoms with van der Waals surface area (Å²) in [6.07, 6.45) is 5.80. The van der Waals surface area contributed by atoms with Crippen LogP contribution in [0.3, 0.4) is 0 Å². The molecule has 0 rings (SSSR count). The van der Waals surface area contributed by atoms with Crippen LogP contribution in [-0.4, -0.2) is 56.6 Å². The van der Waals surface area contributed by atoms with Gasteiger partial charge in [0.25, 0.3) is 0 Å². The molecule has 0 aliphatic rings. The summed E-state index contributed by atoms with van der Waals surface area (Å²) in [7, 11) is 8.48. The van der Waals surface area contributed by atoms with Crippen LogP contribution in [0.2, 0.25) is 0 Å². The molecule has 0 amide bonds. The molecule has 0 saturated heterocycles. The molecule has 0 saturated carbocycles. The normalized spacial score (nSPS) is 12.0.